The summed E-state index contributed by atoms with van der Waals surface area (Å²) >= 11 is 0. The van der Waals surface area contributed by atoms with Crippen LogP contribution in [0.4, 0.5) is 0 Å². The molecule has 0 spiro atoms. The third-order valence-corrected chi connectivity index (χ3v) is 7.67. The largest absolute Gasteiger partial charge is 0.356 e. The molecule has 1 aliphatic heterocycles. The smallest absolute Gasteiger partial charge is 0.213 e. The van der Waals surface area contributed by atoms with Crippen LogP contribution in [0, 0.1) is 5.41 Å². The molecule has 8 heteroatoms. The van der Waals surface area contributed by atoms with Gasteiger partial charge in [-0.25, -0.2) is 12.7 Å². The van der Waals surface area contributed by atoms with Crippen molar-refractivity contribution in [3.63, 3.8) is 0 Å². The molecular weight excluding hydrogens is 487 g/mol. The van der Waals surface area contributed by atoms with Crippen molar-refractivity contribution >= 4 is 40.0 Å². The number of nitrogens with one attached hydrogen (secondary N) is 2. The van der Waals surface area contributed by atoms with E-state index in [0.717, 1.165) is 31.8 Å². The van der Waals surface area contributed by atoms with Gasteiger partial charge in [-0.15, -0.1) is 24.0 Å². The molecule has 0 aromatic heterocycles. The molecule has 2 fully saturated rings. The Hall–Kier alpha value is -0.870. The van der Waals surface area contributed by atoms with Crippen LogP contribution in [0.5, 0.6) is 0 Å². The summed E-state index contributed by atoms with van der Waals surface area (Å²) < 4.78 is 25.6. The van der Waals surface area contributed by atoms with E-state index in [4.69, 9.17) is 0 Å². The molecule has 0 amide bonds. The van der Waals surface area contributed by atoms with Gasteiger partial charge in [-0.1, -0.05) is 30.3 Å². The number of hydrogen-bond acceptors (Lipinski definition) is 3. The van der Waals surface area contributed by atoms with Gasteiger partial charge in [0.2, 0.25) is 10.0 Å². The Balaban J connectivity index is 0.00000280. The number of nitrogens with zero attached hydrogens (tertiary/aromatic N) is 2. The molecule has 2 N–H and O–H groups in total. The van der Waals surface area contributed by atoms with Gasteiger partial charge < -0.3 is 10.6 Å². The van der Waals surface area contributed by atoms with Crippen LogP contribution in [0.3, 0.4) is 0 Å². The first-order chi connectivity index (χ1) is 13.0. The average Bonchev–Trinajstić information content (AvgIpc) is 3.46. The molecule has 28 heavy (non-hydrogen) atoms. The Morgan fingerprint density at radius 1 is 1.21 bits per heavy atom. The SMILES string of the molecule is CCS(=O)(=O)N1CCC(NC(=NC)NCC2(Cc3ccccc3)CC2)CC1.I. The molecule has 1 aromatic carbocycles. The average molecular weight is 520 g/mol. The summed E-state index contributed by atoms with van der Waals surface area (Å²) in [4.78, 5) is 4.37. The third kappa shape index (κ3) is 6.32. The molecule has 1 saturated carbocycles. The first-order valence-corrected chi connectivity index (χ1v) is 11.6. The van der Waals surface area contributed by atoms with Gasteiger partial charge in [0.25, 0.3) is 0 Å². The van der Waals surface area contributed by atoms with Gasteiger partial charge in [-0.05, 0) is 50.0 Å². The van der Waals surface area contributed by atoms with Crippen molar-refractivity contribution in [3.8, 4) is 0 Å². The van der Waals surface area contributed by atoms with E-state index in [2.05, 4.69) is 46.0 Å². The minimum Gasteiger partial charge on any atom is -0.356 e. The number of sulfonamides is 1. The molecule has 0 atom stereocenters. The summed E-state index contributed by atoms with van der Waals surface area (Å²) in [6.07, 6.45) is 5.23. The lowest BCUT2D eigenvalue weighted by Gasteiger charge is -2.32. The maximum absolute atomic E-state index is 12.0. The molecule has 1 aliphatic carbocycles. The highest BCUT2D eigenvalue weighted by Gasteiger charge is 2.42. The van der Waals surface area contributed by atoms with Crippen molar-refractivity contribution in [1.82, 2.24) is 14.9 Å². The zero-order valence-electron chi connectivity index (χ0n) is 16.9. The topological polar surface area (TPSA) is 73.8 Å². The summed E-state index contributed by atoms with van der Waals surface area (Å²) in [7, 11) is -1.28. The maximum Gasteiger partial charge on any atom is 0.213 e. The van der Waals surface area contributed by atoms with Gasteiger partial charge in [0.1, 0.15) is 0 Å². The molecule has 158 valence electrons. The van der Waals surface area contributed by atoms with E-state index in [-0.39, 0.29) is 35.8 Å². The molecule has 6 nitrogen and oxygen atoms in total. The highest BCUT2D eigenvalue weighted by Crippen LogP contribution is 2.47. The van der Waals surface area contributed by atoms with Crippen LogP contribution in [-0.4, -0.2) is 57.2 Å². The summed E-state index contributed by atoms with van der Waals surface area (Å²) in [5.74, 6) is 1.00. The number of aliphatic imine (C=N–C) groups is 1. The van der Waals surface area contributed by atoms with E-state index in [1.54, 1.807) is 18.3 Å². The van der Waals surface area contributed by atoms with E-state index < -0.39 is 10.0 Å². The third-order valence-electron chi connectivity index (χ3n) is 5.79. The van der Waals surface area contributed by atoms with Crippen LogP contribution in [-0.2, 0) is 16.4 Å². The standard InChI is InChI=1S/C20H32N4O2S.HI/c1-3-27(25,26)24-13-9-18(10-14-24)23-19(21-2)22-16-20(11-12-20)15-17-7-5-4-6-8-17;/h4-8,18H,3,9-16H2,1-2H3,(H2,21,22,23);1H. The first kappa shape index (κ1) is 23.4. The molecule has 1 aromatic rings. The van der Waals surface area contributed by atoms with Crippen molar-refractivity contribution in [3.05, 3.63) is 35.9 Å². The van der Waals surface area contributed by atoms with E-state index in [1.165, 1.54) is 18.4 Å². The van der Waals surface area contributed by atoms with Gasteiger partial charge >= 0.3 is 0 Å². The fourth-order valence-electron chi connectivity index (χ4n) is 3.74. The normalized spacial score (nSPS) is 20.3. The summed E-state index contributed by atoms with van der Waals surface area (Å²) in [6, 6.07) is 10.9. The number of halogens is 1. The number of guanidine groups is 1. The summed E-state index contributed by atoms with van der Waals surface area (Å²) in [5, 5.41) is 6.98. The fraction of sp³-hybridized carbons (Fsp3) is 0.650. The van der Waals surface area contributed by atoms with Gasteiger partial charge in [0.15, 0.2) is 5.96 Å². The zero-order valence-corrected chi connectivity index (χ0v) is 20.0. The molecule has 0 bridgehead atoms. The molecular formula is C20H33IN4O2S. The second-order valence-corrected chi connectivity index (χ2v) is 10.1. The lowest BCUT2D eigenvalue weighted by molar-refractivity contribution is 0.306. The number of piperidine rings is 1. The number of benzene rings is 1. The Morgan fingerprint density at radius 2 is 1.86 bits per heavy atom. The lowest BCUT2D eigenvalue weighted by atomic mass is 9.96. The molecule has 0 unspecified atom stereocenters. The Bertz CT molecular complexity index is 743. The van der Waals surface area contributed by atoms with Crippen molar-refractivity contribution in [1.29, 1.82) is 0 Å². The molecule has 1 saturated heterocycles. The van der Waals surface area contributed by atoms with Gasteiger partial charge in [0, 0.05) is 32.7 Å². The zero-order chi connectivity index (χ0) is 19.3. The Kier molecular flexibility index (Phi) is 8.57. The van der Waals surface area contributed by atoms with Crippen molar-refractivity contribution < 1.29 is 8.42 Å². The first-order valence-electron chi connectivity index (χ1n) is 9.95. The van der Waals surface area contributed by atoms with Gasteiger partial charge in [-0.2, -0.15) is 0 Å². The van der Waals surface area contributed by atoms with Crippen LogP contribution in [0.2, 0.25) is 0 Å². The van der Waals surface area contributed by atoms with Crippen molar-refractivity contribution in [2.75, 3.05) is 32.4 Å². The molecule has 0 radical (unpaired) electrons. The Labute approximate surface area is 186 Å². The van der Waals surface area contributed by atoms with E-state index in [0.29, 0.717) is 18.5 Å². The monoisotopic (exact) mass is 520 g/mol. The second-order valence-electron chi connectivity index (χ2n) is 7.81. The maximum atomic E-state index is 12.0. The van der Waals surface area contributed by atoms with Gasteiger partial charge in [-0.3, -0.25) is 4.99 Å². The second kappa shape index (κ2) is 10.2. The highest BCUT2D eigenvalue weighted by molar-refractivity contribution is 14.0. The fourth-order valence-corrected chi connectivity index (χ4v) is 4.87. The predicted molar refractivity (Wildman–Crippen MR) is 126 cm³/mol. The van der Waals surface area contributed by atoms with Crippen LogP contribution < -0.4 is 10.6 Å². The van der Waals surface area contributed by atoms with E-state index in [1.807, 2.05) is 0 Å². The van der Waals surface area contributed by atoms with E-state index in [9.17, 15) is 8.42 Å². The van der Waals surface area contributed by atoms with E-state index >= 15 is 0 Å². The quantitative estimate of drug-likeness (QED) is 0.330. The lowest BCUT2D eigenvalue weighted by Crippen LogP contribution is -2.50. The predicted octanol–water partition coefficient (Wildman–Crippen LogP) is 2.61. The van der Waals surface area contributed by atoms with Crippen LogP contribution in [0.25, 0.3) is 0 Å². The van der Waals surface area contributed by atoms with Gasteiger partial charge in [0.05, 0.1) is 5.75 Å². The minimum atomic E-state index is -3.07. The molecule has 3 rings (SSSR count). The number of rotatable bonds is 7. The van der Waals surface area contributed by atoms with Crippen LogP contribution in [0.1, 0.15) is 38.2 Å². The Morgan fingerprint density at radius 3 is 2.39 bits per heavy atom. The van der Waals surface area contributed by atoms with Crippen molar-refractivity contribution in [2.45, 2.75) is 45.1 Å². The highest BCUT2D eigenvalue weighted by atomic mass is 127. The van der Waals surface area contributed by atoms with Crippen LogP contribution >= 0.6 is 24.0 Å². The summed E-state index contributed by atoms with van der Waals surface area (Å²) in [5.41, 5.74) is 1.74. The summed E-state index contributed by atoms with van der Waals surface area (Å²) in [6.45, 7) is 3.80. The van der Waals surface area contributed by atoms with Crippen LogP contribution in [0.15, 0.2) is 35.3 Å². The number of hydrogen-bond donors (Lipinski definition) is 2. The molecule has 2 aliphatic rings. The molecule has 1 heterocycles. The minimum absolute atomic E-state index is 0. The van der Waals surface area contributed by atoms with Crippen molar-refractivity contribution in [2.24, 2.45) is 10.4 Å².